The molecule has 0 bridgehead atoms. The number of aromatic nitrogens is 3. The molecule has 2 N–H and O–H groups in total. The maximum Gasteiger partial charge on any atom is 0.265 e. The van der Waals surface area contributed by atoms with Gasteiger partial charge in [0.15, 0.2) is 16.7 Å². The first-order chi connectivity index (χ1) is 17.7. The Morgan fingerprint density at radius 3 is 2.57 bits per heavy atom. The number of hydrogen-bond acceptors (Lipinski definition) is 5. The Morgan fingerprint density at radius 2 is 1.92 bits per heavy atom. The fraction of sp³-hybridized carbons (Fsp3) is 0.310. The first kappa shape index (κ1) is 26.3. The Balaban J connectivity index is 1.73. The quantitative estimate of drug-likeness (QED) is 0.213. The van der Waals surface area contributed by atoms with Crippen LogP contribution in [0.4, 0.5) is 0 Å². The minimum absolute atomic E-state index is 0.104. The number of benzene rings is 1. The van der Waals surface area contributed by atoms with E-state index in [0.717, 1.165) is 22.5 Å². The lowest BCUT2D eigenvalue weighted by Gasteiger charge is -2.15. The van der Waals surface area contributed by atoms with E-state index >= 15 is 0 Å². The number of fused-ring (bicyclic) bond motifs is 3. The van der Waals surface area contributed by atoms with Crippen molar-refractivity contribution in [2.24, 2.45) is 0 Å². The van der Waals surface area contributed by atoms with Crippen LogP contribution in [0.25, 0.3) is 17.3 Å². The van der Waals surface area contributed by atoms with Crippen molar-refractivity contribution in [1.82, 2.24) is 9.13 Å². The van der Waals surface area contributed by atoms with Crippen molar-refractivity contribution in [2.45, 2.75) is 52.6 Å². The first-order valence-corrected chi connectivity index (χ1v) is 12.8. The third-order valence-corrected chi connectivity index (χ3v) is 7.45. The molecular formula is C29H31N4O3S+. The van der Waals surface area contributed by atoms with Crippen LogP contribution in [0, 0.1) is 16.1 Å². The molecular weight excluding hydrogens is 484 g/mol. The van der Waals surface area contributed by atoms with Crippen LogP contribution in [0.15, 0.2) is 53.5 Å². The summed E-state index contributed by atoms with van der Waals surface area (Å²) in [6, 6.07) is 12.4. The van der Waals surface area contributed by atoms with Gasteiger partial charge in [-0.2, -0.15) is 9.83 Å². The van der Waals surface area contributed by atoms with Gasteiger partial charge in [-0.15, -0.1) is 0 Å². The maximum absolute atomic E-state index is 12.9. The third-order valence-electron chi connectivity index (χ3n) is 7.01. The van der Waals surface area contributed by atoms with Crippen molar-refractivity contribution < 1.29 is 14.8 Å². The van der Waals surface area contributed by atoms with Gasteiger partial charge in [-0.05, 0) is 70.1 Å². The van der Waals surface area contributed by atoms with E-state index in [0.29, 0.717) is 25.1 Å². The summed E-state index contributed by atoms with van der Waals surface area (Å²) >= 11 is 5.34. The SMILES string of the molecule is CCn1c(O)c(/C=C/C=C(\C#N)c2cc[n+]3c(c2)C(C)(C)c2cc(CCO)ccc2-3)c(=O)n(CC)c1=S. The summed E-state index contributed by atoms with van der Waals surface area (Å²) in [6.07, 6.45) is 7.35. The molecule has 0 atom stereocenters. The van der Waals surface area contributed by atoms with Gasteiger partial charge >= 0.3 is 0 Å². The molecule has 1 aromatic carbocycles. The molecule has 0 saturated carbocycles. The molecule has 190 valence electrons. The fourth-order valence-corrected chi connectivity index (χ4v) is 5.36. The number of nitrogens with zero attached hydrogens (tertiary/aromatic N) is 4. The second-order valence-corrected chi connectivity index (χ2v) is 9.85. The molecule has 0 amide bonds. The minimum Gasteiger partial charge on any atom is -0.494 e. The normalized spacial score (nSPS) is 14.0. The standard InChI is InChI=1S/C29H30N4O3S/c1-5-31-26(35)22(27(36)32(6-2)28(31)37)9-7-8-21(18-30)20-12-14-33-24-11-10-19(13-15-34)16-23(24)29(3,4)25(33)17-20/h7-12,14,16-17,34H,5-6,13,15H2,1-4H3/p+1. The molecule has 37 heavy (non-hydrogen) atoms. The van der Waals surface area contributed by atoms with Crippen LogP contribution >= 0.6 is 12.2 Å². The van der Waals surface area contributed by atoms with E-state index in [1.807, 2.05) is 38.2 Å². The highest BCUT2D eigenvalue weighted by Crippen LogP contribution is 2.39. The van der Waals surface area contributed by atoms with Crippen molar-refractivity contribution in [3.8, 4) is 17.6 Å². The number of rotatable bonds is 7. The smallest absolute Gasteiger partial charge is 0.265 e. The van der Waals surface area contributed by atoms with Gasteiger partial charge < -0.3 is 10.2 Å². The van der Waals surface area contributed by atoms with Gasteiger partial charge in [-0.25, -0.2) is 0 Å². The zero-order valence-electron chi connectivity index (χ0n) is 21.5. The van der Waals surface area contributed by atoms with Crippen LogP contribution in [0.3, 0.4) is 0 Å². The van der Waals surface area contributed by atoms with Gasteiger partial charge in [0, 0.05) is 49.0 Å². The van der Waals surface area contributed by atoms with E-state index < -0.39 is 0 Å². The summed E-state index contributed by atoms with van der Waals surface area (Å²) in [7, 11) is 0. The van der Waals surface area contributed by atoms with Gasteiger partial charge in [0.1, 0.15) is 5.56 Å². The number of aromatic hydroxyl groups is 1. The monoisotopic (exact) mass is 515 g/mol. The molecule has 3 heterocycles. The highest BCUT2D eigenvalue weighted by atomic mass is 32.1. The topological polar surface area (TPSA) is 95.1 Å². The molecule has 2 aromatic heterocycles. The molecule has 0 unspecified atom stereocenters. The summed E-state index contributed by atoms with van der Waals surface area (Å²) < 4.78 is 5.37. The summed E-state index contributed by atoms with van der Waals surface area (Å²) in [4.78, 5) is 12.9. The highest BCUT2D eigenvalue weighted by molar-refractivity contribution is 7.71. The van der Waals surface area contributed by atoms with E-state index in [9.17, 15) is 20.3 Å². The number of aliphatic hydroxyl groups is 1. The van der Waals surface area contributed by atoms with E-state index in [1.165, 1.54) is 20.8 Å². The number of allylic oxidation sites excluding steroid dienone is 3. The van der Waals surface area contributed by atoms with Gasteiger partial charge in [0.05, 0.1) is 17.1 Å². The Kier molecular flexibility index (Phi) is 7.30. The molecule has 0 saturated heterocycles. The average Bonchev–Trinajstić information content (AvgIpc) is 3.10. The molecule has 0 aliphatic carbocycles. The molecule has 0 spiro atoms. The summed E-state index contributed by atoms with van der Waals surface area (Å²) in [5, 5.41) is 29.9. The minimum atomic E-state index is -0.369. The predicted molar refractivity (Wildman–Crippen MR) is 146 cm³/mol. The van der Waals surface area contributed by atoms with Crippen molar-refractivity contribution >= 4 is 23.9 Å². The van der Waals surface area contributed by atoms with Crippen LogP contribution in [0.1, 0.15) is 55.6 Å². The molecule has 4 rings (SSSR count). The predicted octanol–water partition coefficient (Wildman–Crippen LogP) is 4.20. The zero-order valence-corrected chi connectivity index (χ0v) is 22.3. The lowest BCUT2D eigenvalue weighted by Crippen LogP contribution is -2.34. The van der Waals surface area contributed by atoms with Gasteiger partial charge in [0.2, 0.25) is 11.6 Å². The van der Waals surface area contributed by atoms with Gasteiger partial charge in [-0.1, -0.05) is 12.1 Å². The van der Waals surface area contributed by atoms with E-state index in [1.54, 1.807) is 12.2 Å². The fourth-order valence-electron chi connectivity index (χ4n) is 4.93. The second-order valence-electron chi connectivity index (χ2n) is 9.49. The van der Waals surface area contributed by atoms with Gasteiger partial charge in [0.25, 0.3) is 5.56 Å². The second kappa shape index (κ2) is 10.3. The number of hydrogen-bond donors (Lipinski definition) is 2. The Morgan fingerprint density at radius 1 is 1.19 bits per heavy atom. The number of aliphatic hydroxyl groups excluding tert-OH is 1. The van der Waals surface area contributed by atoms with Crippen molar-refractivity contribution in [3.05, 3.63) is 91.8 Å². The van der Waals surface area contributed by atoms with Crippen molar-refractivity contribution in [1.29, 1.82) is 5.26 Å². The molecule has 0 radical (unpaired) electrons. The van der Waals surface area contributed by atoms with Crippen LogP contribution in [0.2, 0.25) is 0 Å². The summed E-state index contributed by atoms with van der Waals surface area (Å²) in [5.74, 6) is -0.181. The molecule has 3 aromatic rings. The van der Waals surface area contributed by atoms with E-state index in [4.69, 9.17) is 12.2 Å². The Bertz CT molecular complexity index is 1600. The third kappa shape index (κ3) is 4.45. The van der Waals surface area contributed by atoms with Crippen LogP contribution < -0.4 is 10.1 Å². The Hall–Kier alpha value is -3.80. The maximum atomic E-state index is 12.9. The van der Waals surface area contributed by atoms with Crippen LogP contribution in [0.5, 0.6) is 5.88 Å². The van der Waals surface area contributed by atoms with Crippen LogP contribution in [-0.2, 0) is 24.9 Å². The molecule has 7 nitrogen and oxygen atoms in total. The van der Waals surface area contributed by atoms with Crippen molar-refractivity contribution in [2.75, 3.05) is 6.61 Å². The van der Waals surface area contributed by atoms with E-state index in [-0.39, 0.29) is 33.8 Å². The highest BCUT2D eigenvalue weighted by Gasteiger charge is 2.43. The summed E-state index contributed by atoms with van der Waals surface area (Å²) in [5.41, 5.74) is 5.08. The Labute approximate surface area is 221 Å². The lowest BCUT2D eigenvalue weighted by atomic mass is 9.82. The zero-order chi connectivity index (χ0) is 26.9. The molecule has 1 aliphatic heterocycles. The van der Waals surface area contributed by atoms with E-state index in [2.05, 4.69) is 36.6 Å². The average molecular weight is 516 g/mol. The molecule has 8 heteroatoms. The molecule has 0 fully saturated rings. The largest absolute Gasteiger partial charge is 0.494 e. The molecule has 1 aliphatic rings. The number of nitriles is 1. The van der Waals surface area contributed by atoms with Gasteiger partial charge in [-0.3, -0.25) is 13.9 Å². The van der Waals surface area contributed by atoms with Crippen molar-refractivity contribution in [3.63, 3.8) is 0 Å². The summed E-state index contributed by atoms with van der Waals surface area (Å²) in [6.45, 7) is 8.91. The lowest BCUT2D eigenvalue weighted by molar-refractivity contribution is -0.599. The van der Waals surface area contributed by atoms with Crippen LogP contribution in [-0.4, -0.2) is 26.0 Å². The number of pyridine rings is 1. The first-order valence-electron chi connectivity index (χ1n) is 12.4.